The van der Waals surface area contributed by atoms with Crippen LogP contribution in [0.5, 0.6) is 5.75 Å². The van der Waals surface area contributed by atoms with Crippen LogP contribution >= 0.6 is 0 Å². The van der Waals surface area contributed by atoms with Crippen molar-refractivity contribution in [3.05, 3.63) is 59.9 Å². The third kappa shape index (κ3) is 6.93. The fourth-order valence-corrected chi connectivity index (χ4v) is 3.77. The van der Waals surface area contributed by atoms with Crippen LogP contribution in [0, 0.1) is 5.82 Å². The molecule has 3 N–H and O–H groups in total. The lowest BCUT2D eigenvalue weighted by Gasteiger charge is -2.33. The molecule has 176 valence electrons. The zero-order valence-electron chi connectivity index (χ0n) is 18.8. The van der Waals surface area contributed by atoms with Crippen LogP contribution in [0.1, 0.15) is 25.3 Å². The SMILES string of the molecule is COc1cccc(NC(=O)N2CCC(NC(=O)[C@H](Cc3ccccc3F)NC(C)=O)CC2)c1. The van der Waals surface area contributed by atoms with Crippen molar-refractivity contribution in [1.82, 2.24) is 15.5 Å². The van der Waals surface area contributed by atoms with Gasteiger partial charge in [-0.05, 0) is 36.6 Å². The monoisotopic (exact) mass is 456 g/mol. The molecular formula is C24H29FN4O4. The van der Waals surface area contributed by atoms with E-state index in [2.05, 4.69) is 16.0 Å². The minimum Gasteiger partial charge on any atom is -0.497 e. The fourth-order valence-electron chi connectivity index (χ4n) is 3.77. The highest BCUT2D eigenvalue weighted by Gasteiger charge is 2.27. The zero-order valence-corrected chi connectivity index (χ0v) is 18.8. The van der Waals surface area contributed by atoms with Gasteiger partial charge in [0.2, 0.25) is 11.8 Å². The number of amides is 4. The van der Waals surface area contributed by atoms with Gasteiger partial charge in [0.1, 0.15) is 17.6 Å². The minimum absolute atomic E-state index is 0.0554. The molecule has 1 atom stereocenters. The minimum atomic E-state index is -0.881. The second kappa shape index (κ2) is 11.3. The van der Waals surface area contributed by atoms with Gasteiger partial charge in [-0.1, -0.05) is 24.3 Å². The van der Waals surface area contributed by atoms with Crippen LogP contribution in [-0.4, -0.2) is 55.0 Å². The van der Waals surface area contributed by atoms with E-state index in [-0.39, 0.29) is 30.3 Å². The van der Waals surface area contributed by atoms with Crippen LogP contribution in [0.25, 0.3) is 0 Å². The smallest absolute Gasteiger partial charge is 0.321 e. The summed E-state index contributed by atoms with van der Waals surface area (Å²) in [5, 5.41) is 8.39. The summed E-state index contributed by atoms with van der Waals surface area (Å²) in [6.07, 6.45) is 1.20. The van der Waals surface area contributed by atoms with Crippen LogP contribution in [0.3, 0.4) is 0 Å². The van der Waals surface area contributed by atoms with Crippen molar-refractivity contribution in [3.63, 3.8) is 0 Å². The van der Waals surface area contributed by atoms with Gasteiger partial charge in [-0.15, -0.1) is 0 Å². The highest BCUT2D eigenvalue weighted by atomic mass is 19.1. The van der Waals surface area contributed by atoms with Gasteiger partial charge in [0.25, 0.3) is 0 Å². The average Bonchev–Trinajstić information content (AvgIpc) is 2.80. The van der Waals surface area contributed by atoms with E-state index < -0.39 is 11.9 Å². The number of nitrogens with one attached hydrogen (secondary N) is 3. The lowest BCUT2D eigenvalue weighted by molar-refractivity contribution is -0.128. The van der Waals surface area contributed by atoms with E-state index in [9.17, 15) is 18.8 Å². The third-order valence-electron chi connectivity index (χ3n) is 5.53. The van der Waals surface area contributed by atoms with Crippen molar-refractivity contribution < 1.29 is 23.5 Å². The molecule has 0 radical (unpaired) electrons. The predicted molar refractivity (Wildman–Crippen MR) is 122 cm³/mol. The molecule has 9 heteroatoms. The van der Waals surface area contributed by atoms with Crippen molar-refractivity contribution in [3.8, 4) is 5.75 Å². The van der Waals surface area contributed by atoms with Crippen molar-refractivity contribution in [2.24, 2.45) is 0 Å². The van der Waals surface area contributed by atoms with Gasteiger partial charge >= 0.3 is 6.03 Å². The Morgan fingerprint density at radius 2 is 1.85 bits per heavy atom. The number of carbonyl (C=O) groups excluding carboxylic acids is 3. The molecule has 3 rings (SSSR count). The molecule has 0 aliphatic carbocycles. The summed E-state index contributed by atoms with van der Waals surface area (Å²) in [4.78, 5) is 38.7. The Morgan fingerprint density at radius 3 is 2.52 bits per heavy atom. The Kier molecular flexibility index (Phi) is 8.23. The second-order valence-corrected chi connectivity index (χ2v) is 7.98. The molecule has 0 aromatic heterocycles. The Balaban J connectivity index is 1.52. The zero-order chi connectivity index (χ0) is 23.8. The maximum Gasteiger partial charge on any atom is 0.321 e. The van der Waals surface area contributed by atoms with Gasteiger partial charge in [0, 0.05) is 44.2 Å². The summed E-state index contributed by atoms with van der Waals surface area (Å²) in [5.74, 6) is -0.502. The van der Waals surface area contributed by atoms with E-state index in [1.165, 1.54) is 13.0 Å². The van der Waals surface area contributed by atoms with Crippen molar-refractivity contribution in [2.75, 3.05) is 25.5 Å². The first-order chi connectivity index (χ1) is 15.9. The fraction of sp³-hybridized carbons (Fsp3) is 0.375. The topological polar surface area (TPSA) is 99.8 Å². The Morgan fingerprint density at radius 1 is 1.12 bits per heavy atom. The number of likely N-dealkylation sites (tertiary alicyclic amines) is 1. The average molecular weight is 457 g/mol. The van der Waals surface area contributed by atoms with E-state index in [1.54, 1.807) is 54.5 Å². The number of hydrogen-bond donors (Lipinski definition) is 3. The molecule has 4 amide bonds. The molecule has 0 saturated carbocycles. The predicted octanol–water partition coefficient (Wildman–Crippen LogP) is 2.69. The molecule has 8 nitrogen and oxygen atoms in total. The molecule has 1 heterocycles. The molecule has 1 aliphatic rings. The van der Waals surface area contributed by atoms with E-state index in [4.69, 9.17) is 4.74 Å². The molecule has 1 saturated heterocycles. The Bertz CT molecular complexity index is 992. The van der Waals surface area contributed by atoms with Gasteiger partial charge in [-0.2, -0.15) is 0 Å². The molecule has 0 unspecified atom stereocenters. The lowest BCUT2D eigenvalue weighted by atomic mass is 10.0. The second-order valence-electron chi connectivity index (χ2n) is 7.98. The first kappa shape index (κ1) is 24.0. The lowest BCUT2D eigenvalue weighted by Crippen LogP contribution is -2.53. The molecular weight excluding hydrogens is 427 g/mol. The number of carbonyl (C=O) groups is 3. The van der Waals surface area contributed by atoms with Crippen molar-refractivity contribution in [2.45, 2.75) is 38.3 Å². The molecule has 0 spiro atoms. The maximum atomic E-state index is 14.0. The highest BCUT2D eigenvalue weighted by Crippen LogP contribution is 2.18. The number of methoxy groups -OCH3 is 1. The number of benzene rings is 2. The van der Waals surface area contributed by atoms with Gasteiger partial charge in [0.05, 0.1) is 7.11 Å². The van der Waals surface area contributed by atoms with Gasteiger partial charge in [-0.3, -0.25) is 9.59 Å². The first-order valence-corrected chi connectivity index (χ1v) is 10.9. The standard InChI is InChI=1S/C24H29FN4O4/c1-16(30)26-22(14-17-6-3-4-9-21(17)25)23(31)27-18-10-12-29(13-11-18)24(32)28-19-7-5-8-20(15-19)33-2/h3-9,15,18,22H,10-14H2,1-2H3,(H,26,30)(H,27,31)(H,28,32)/t22-/m0/s1. The number of ether oxygens (including phenoxy) is 1. The summed E-state index contributed by atoms with van der Waals surface area (Å²) in [6, 6.07) is 12.0. The summed E-state index contributed by atoms with van der Waals surface area (Å²) < 4.78 is 19.2. The van der Waals surface area contributed by atoms with Gasteiger partial charge in [-0.25, -0.2) is 9.18 Å². The molecule has 2 aromatic rings. The Labute approximate surface area is 192 Å². The number of piperidine rings is 1. The molecule has 1 aliphatic heterocycles. The molecule has 0 bridgehead atoms. The Hall–Kier alpha value is -3.62. The van der Waals surface area contributed by atoms with Crippen LogP contribution < -0.4 is 20.7 Å². The quantitative estimate of drug-likeness (QED) is 0.597. The third-order valence-corrected chi connectivity index (χ3v) is 5.53. The normalized spacial score (nSPS) is 14.8. The summed E-state index contributed by atoms with van der Waals surface area (Å²) in [5.41, 5.74) is 0.997. The van der Waals surface area contributed by atoms with E-state index in [1.807, 2.05) is 0 Å². The molecule has 33 heavy (non-hydrogen) atoms. The highest BCUT2D eigenvalue weighted by molar-refractivity contribution is 5.90. The van der Waals surface area contributed by atoms with Crippen LogP contribution in [0.15, 0.2) is 48.5 Å². The maximum absolute atomic E-state index is 14.0. The first-order valence-electron chi connectivity index (χ1n) is 10.9. The summed E-state index contributed by atoms with van der Waals surface area (Å²) in [7, 11) is 1.56. The van der Waals surface area contributed by atoms with Crippen molar-refractivity contribution >= 4 is 23.5 Å². The number of nitrogens with zero attached hydrogens (tertiary/aromatic N) is 1. The van der Waals surface area contributed by atoms with Crippen LogP contribution in [0.4, 0.5) is 14.9 Å². The largest absolute Gasteiger partial charge is 0.497 e. The van der Waals surface area contributed by atoms with E-state index >= 15 is 0 Å². The van der Waals surface area contributed by atoms with E-state index in [0.717, 1.165) is 0 Å². The van der Waals surface area contributed by atoms with Gasteiger partial charge < -0.3 is 25.6 Å². The van der Waals surface area contributed by atoms with Crippen LogP contribution in [0.2, 0.25) is 0 Å². The number of rotatable bonds is 7. The van der Waals surface area contributed by atoms with E-state index in [0.29, 0.717) is 42.9 Å². The number of urea groups is 1. The number of hydrogen-bond acceptors (Lipinski definition) is 4. The number of halogens is 1. The van der Waals surface area contributed by atoms with Crippen LogP contribution in [-0.2, 0) is 16.0 Å². The number of anilines is 1. The van der Waals surface area contributed by atoms with Gasteiger partial charge in [0.15, 0.2) is 0 Å². The molecule has 1 fully saturated rings. The van der Waals surface area contributed by atoms with Crippen molar-refractivity contribution in [1.29, 1.82) is 0 Å². The molecule has 2 aromatic carbocycles. The summed E-state index contributed by atoms with van der Waals surface area (Å²) >= 11 is 0. The summed E-state index contributed by atoms with van der Waals surface area (Å²) in [6.45, 7) is 2.26.